The number of benzene rings is 1. The summed E-state index contributed by atoms with van der Waals surface area (Å²) in [7, 11) is 0. The molecule has 1 heterocycles. The second kappa shape index (κ2) is 5.65. The predicted octanol–water partition coefficient (Wildman–Crippen LogP) is 1.87. The lowest BCUT2D eigenvalue weighted by Gasteiger charge is -2.22. The second-order valence-corrected chi connectivity index (χ2v) is 5.65. The number of rotatable bonds is 4. The number of para-hydroxylation sites is 2. The molecule has 3 N–H and O–H groups in total. The van der Waals surface area contributed by atoms with E-state index < -0.39 is 0 Å². The molecule has 0 saturated heterocycles. The first-order chi connectivity index (χ1) is 10.2. The number of anilines is 1. The van der Waals surface area contributed by atoms with Crippen molar-refractivity contribution in [1.29, 1.82) is 0 Å². The van der Waals surface area contributed by atoms with E-state index >= 15 is 0 Å². The lowest BCUT2D eigenvalue weighted by molar-refractivity contribution is -0.117. The highest BCUT2D eigenvalue weighted by atomic mass is 16.1. The molecule has 2 aromatic rings. The topological polar surface area (TPSA) is 85.8 Å². The Labute approximate surface area is 123 Å². The third-order valence-corrected chi connectivity index (χ3v) is 3.96. The van der Waals surface area contributed by atoms with E-state index in [-0.39, 0.29) is 11.4 Å². The molecule has 6 nitrogen and oxygen atoms in total. The van der Waals surface area contributed by atoms with Gasteiger partial charge in [0.2, 0.25) is 5.91 Å². The minimum Gasteiger partial charge on any atom is -0.325 e. The van der Waals surface area contributed by atoms with Crippen LogP contribution in [-0.2, 0) is 4.79 Å². The maximum Gasteiger partial charge on any atom is 0.226 e. The van der Waals surface area contributed by atoms with Crippen molar-refractivity contribution < 1.29 is 4.79 Å². The summed E-state index contributed by atoms with van der Waals surface area (Å²) in [5.74, 6) is -0.0491. The lowest BCUT2D eigenvalue weighted by atomic mass is 9.94. The Hall–Kier alpha value is -2.21. The van der Waals surface area contributed by atoms with Crippen LogP contribution in [-0.4, -0.2) is 26.2 Å². The number of amides is 1. The summed E-state index contributed by atoms with van der Waals surface area (Å²) in [6, 6.07) is 7.52. The number of carbonyl (C=O) groups is 1. The first kappa shape index (κ1) is 13.8. The number of carbonyl (C=O) groups excluding carboxylic acids is 1. The highest BCUT2D eigenvalue weighted by molar-refractivity contribution is 5.93. The molecule has 1 aliphatic rings. The summed E-state index contributed by atoms with van der Waals surface area (Å²) in [5.41, 5.74) is 7.43. The van der Waals surface area contributed by atoms with Crippen LogP contribution in [0.3, 0.4) is 0 Å². The summed E-state index contributed by atoms with van der Waals surface area (Å²) in [6.45, 7) is 0. The molecule has 1 amide bonds. The molecule has 0 unspecified atom stereocenters. The molecule has 0 radical (unpaired) electrons. The van der Waals surface area contributed by atoms with Crippen molar-refractivity contribution in [1.82, 2.24) is 14.8 Å². The van der Waals surface area contributed by atoms with Crippen LogP contribution in [0.2, 0.25) is 0 Å². The van der Waals surface area contributed by atoms with Crippen LogP contribution < -0.4 is 11.1 Å². The first-order valence-electron chi connectivity index (χ1n) is 7.19. The van der Waals surface area contributed by atoms with Crippen LogP contribution >= 0.6 is 0 Å². The van der Waals surface area contributed by atoms with E-state index in [1.807, 2.05) is 24.3 Å². The highest BCUT2D eigenvalue weighted by Crippen LogP contribution is 2.30. The summed E-state index contributed by atoms with van der Waals surface area (Å²) in [6.07, 6.45) is 7.49. The Kier molecular flexibility index (Phi) is 3.70. The molecule has 1 fully saturated rings. The summed E-state index contributed by atoms with van der Waals surface area (Å²) >= 11 is 0. The van der Waals surface area contributed by atoms with Crippen LogP contribution in [0.25, 0.3) is 5.69 Å². The smallest absolute Gasteiger partial charge is 0.226 e. The van der Waals surface area contributed by atoms with Gasteiger partial charge in [0.15, 0.2) is 0 Å². The minimum atomic E-state index is -0.341. The van der Waals surface area contributed by atoms with Gasteiger partial charge >= 0.3 is 0 Å². The average molecular weight is 285 g/mol. The van der Waals surface area contributed by atoms with E-state index in [9.17, 15) is 4.79 Å². The Morgan fingerprint density at radius 3 is 2.81 bits per heavy atom. The Bertz CT molecular complexity index is 617. The first-order valence-corrected chi connectivity index (χ1v) is 7.19. The van der Waals surface area contributed by atoms with E-state index in [0.717, 1.165) is 37.1 Å². The number of nitrogens with two attached hydrogens (primary N) is 1. The van der Waals surface area contributed by atoms with Gasteiger partial charge in [0.1, 0.15) is 12.7 Å². The monoisotopic (exact) mass is 285 g/mol. The third kappa shape index (κ3) is 3.11. The fourth-order valence-corrected chi connectivity index (χ4v) is 2.88. The number of hydrogen-bond donors (Lipinski definition) is 2. The predicted molar refractivity (Wildman–Crippen MR) is 80.0 cm³/mol. The van der Waals surface area contributed by atoms with Gasteiger partial charge < -0.3 is 11.1 Å². The molecule has 110 valence electrons. The van der Waals surface area contributed by atoms with Crippen molar-refractivity contribution in [3.8, 4) is 5.69 Å². The van der Waals surface area contributed by atoms with Crippen molar-refractivity contribution in [2.24, 2.45) is 5.73 Å². The van der Waals surface area contributed by atoms with E-state index in [1.165, 1.54) is 6.33 Å². The van der Waals surface area contributed by atoms with Crippen LogP contribution in [0, 0.1) is 0 Å². The van der Waals surface area contributed by atoms with Crippen LogP contribution in [0.1, 0.15) is 32.1 Å². The minimum absolute atomic E-state index is 0.0491. The Morgan fingerprint density at radius 2 is 2.10 bits per heavy atom. The molecule has 3 rings (SSSR count). The quantitative estimate of drug-likeness (QED) is 0.898. The van der Waals surface area contributed by atoms with Crippen molar-refractivity contribution in [3.63, 3.8) is 0 Å². The van der Waals surface area contributed by atoms with Gasteiger partial charge in [0, 0.05) is 12.0 Å². The molecule has 21 heavy (non-hydrogen) atoms. The van der Waals surface area contributed by atoms with Gasteiger partial charge in [-0.1, -0.05) is 25.0 Å². The number of aromatic nitrogens is 3. The third-order valence-electron chi connectivity index (χ3n) is 3.96. The molecular weight excluding hydrogens is 266 g/mol. The van der Waals surface area contributed by atoms with Gasteiger partial charge in [-0.25, -0.2) is 9.67 Å². The standard InChI is InChI=1S/C15H19N5O/c16-15(7-3-4-8-15)9-14(21)19-12-5-1-2-6-13(12)20-11-17-10-18-20/h1-2,5-6,10-11H,3-4,7-9,16H2,(H,19,21). The van der Waals surface area contributed by atoms with Crippen molar-refractivity contribution >= 4 is 11.6 Å². The number of nitrogens with one attached hydrogen (secondary N) is 1. The van der Waals surface area contributed by atoms with Crippen LogP contribution in [0.4, 0.5) is 5.69 Å². The fraction of sp³-hybridized carbons (Fsp3) is 0.400. The molecule has 0 bridgehead atoms. The summed E-state index contributed by atoms with van der Waals surface area (Å²) < 4.78 is 1.63. The van der Waals surface area contributed by atoms with E-state index in [1.54, 1.807) is 11.0 Å². The average Bonchev–Trinajstić information content (AvgIpc) is 3.11. The van der Waals surface area contributed by atoms with Gasteiger partial charge in [-0.3, -0.25) is 4.79 Å². The SMILES string of the molecule is NC1(CC(=O)Nc2ccccc2-n2cncn2)CCCC1. The molecule has 6 heteroatoms. The number of hydrogen-bond acceptors (Lipinski definition) is 4. The molecule has 0 atom stereocenters. The summed E-state index contributed by atoms with van der Waals surface area (Å²) in [5, 5.41) is 7.04. The normalized spacial score (nSPS) is 16.8. The molecule has 1 aliphatic carbocycles. The highest BCUT2D eigenvalue weighted by Gasteiger charge is 2.31. The van der Waals surface area contributed by atoms with Crippen molar-refractivity contribution in [2.75, 3.05) is 5.32 Å². The molecule has 1 saturated carbocycles. The largest absolute Gasteiger partial charge is 0.325 e. The number of nitrogens with zero attached hydrogens (tertiary/aromatic N) is 3. The van der Waals surface area contributed by atoms with Gasteiger partial charge in [0.05, 0.1) is 11.4 Å². The second-order valence-electron chi connectivity index (χ2n) is 5.65. The molecule has 0 aliphatic heterocycles. The van der Waals surface area contributed by atoms with E-state index in [4.69, 9.17) is 5.73 Å². The Morgan fingerprint density at radius 1 is 1.33 bits per heavy atom. The maximum absolute atomic E-state index is 12.3. The van der Waals surface area contributed by atoms with Crippen molar-refractivity contribution in [2.45, 2.75) is 37.6 Å². The van der Waals surface area contributed by atoms with Gasteiger partial charge in [-0.2, -0.15) is 5.10 Å². The van der Waals surface area contributed by atoms with Gasteiger partial charge in [0.25, 0.3) is 0 Å². The molecule has 0 spiro atoms. The maximum atomic E-state index is 12.3. The fourth-order valence-electron chi connectivity index (χ4n) is 2.88. The van der Waals surface area contributed by atoms with Gasteiger partial charge in [-0.05, 0) is 25.0 Å². The molecular formula is C15H19N5O. The lowest BCUT2D eigenvalue weighted by Crippen LogP contribution is -2.40. The molecule has 1 aromatic carbocycles. The van der Waals surface area contributed by atoms with E-state index in [0.29, 0.717) is 6.42 Å². The van der Waals surface area contributed by atoms with Crippen molar-refractivity contribution in [3.05, 3.63) is 36.9 Å². The summed E-state index contributed by atoms with van der Waals surface area (Å²) in [4.78, 5) is 16.2. The molecule has 1 aromatic heterocycles. The van der Waals surface area contributed by atoms with Crippen LogP contribution in [0.15, 0.2) is 36.9 Å². The zero-order chi connectivity index (χ0) is 14.7. The van der Waals surface area contributed by atoms with E-state index in [2.05, 4.69) is 15.4 Å². The van der Waals surface area contributed by atoms with Crippen LogP contribution in [0.5, 0.6) is 0 Å². The van der Waals surface area contributed by atoms with Gasteiger partial charge in [-0.15, -0.1) is 0 Å². The zero-order valence-electron chi connectivity index (χ0n) is 11.8. The zero-order valence-corrected chi connectivity index (χ0v) is 11.8. The Balaban J connectivity index is 1.74.